The maximum absolute atomic E-state index is 10.6. The SMILES string of the molecule is Nc1ccc(-c2ccnc3nc(N)nn23)cc1.Nc1nc2nccc(-c3ccc([N+](=O)[O-])cc3)n2n1. The van der Waals surface area contributed by atoms with Crippen molar-refractivity contribution in [1.82, 2.24) is 39.2 Å². The minimum absolute atomic E-state index is 0.0344. The van der Waals surface area contributed by atoms with Gasteiger partial charge in [-0.3, -0.25) is 10.1 Å². The van der Waals surface area contributed by atoms with Crippen molar-refractivity contribution in [2.75, 3.05) is 17.2 Å². The van der Waals surface area contributed by atoms with Crippen LogP contribution in [0.4, 0.5) is 23.3 Å². The first-order valence-corrected chi connectivity index (χ1v) is 10.4. The highest BCUT2D eigenvalue weighted by atomic mass is 16.6. The lowest BCUT2D eigenvalue weighted by molar-refractivity contribution is -0.384. The van der Waals surface area contributed by atoms with Crippen LogP contribution in [0.1, 0.15) is 0 Å². The van der Waals surface area contributed by atoms with Crippen LogP contribution in [0.15, 0.2) is 73.1 Å². The topological polar surface area (TPSA) is 207 Å². The summed E-state index contributed by atoms with van der Waals surface area (Å²) in [5.74, 6) is 1.20. The molecule has 0 unspecified atom stereocenters. The molecule has 6 N–H and O–H groups in total. The zero-order chi connectivity index (χ0) is 25.2. The fourth-order valence-corrected chi connectivity index (χ4v) is 3.46. The number of nitro groups is 1. The lowest BCUT2D eigenvalue weighted by atomic mass is 10.1. The van der Waals surface area contributed by atoms with Gasteiger partial charge in [-0.15, -0.1) is 10.2 Å². The molecule has 2 aromatic carbocycles. The minimum atomic E-state index is -0.445. The zero-order valence-electron chi connectivity index (χ0n) is 18.5. The molecule has 14 heteroatoms. The van der Waals surface area contributed by atoms with Crippen LogP contribution in [0.2, 0.25) is 0 Å². The second-order valence-corrected chi connectivity index (χ2v) is 7.45. The van der Waals surface area contributed by atoms with E-state index in [2.05, 4.69) is 30.1 Å². The van der Waals surface area contributed by atoms with E-state index in [1.165, 1.54) is 16.6 Å². The third-order valence-electron chi connectivity index (χ3n) is 5.09. The van der Waals surface area contributed by atoms with Crippen molar-refractivity contribution in [3.63, 3.8) is 0 Å². The van der Waals surface area contributed by atoms with Gasteiger partial charge in [0.25, 0.3) is 17.2 Å². The summed E-state index contributed by atoms with van der Waals surface area (Å²) in [6, 6.07) is 17.3. The molecular weight excluding hydrogens is 464 g/mol. The molecule has 0 aliphatic rings. The second-order valence-electron chi connectivity index (χ2n) is 7.45. The standard InChI is InChI=1S/C11H8N6O2.C11H10N6/c12-10-14-11-13-6-5-9(16(11)15-10)7-1-3-8(4-2-7)17(18)19;12-8-3-1-7(2-4-8)9-5-6-14-11-15-10(13)16-17(9)11/h1-6H,(H2,12,15);1-6H,12H2,(H2,13,16). The fourth-order valence-electron chi connectivity index (χ4n) is 3.46. The Bertz CT molecular complexity index is 1690. The van der Waals surface area contributed by atoms with E-state index >= 15 is 0 Å². The highest BCUT2D eigenvalue weighted by Crippen LogP contribution is 2.23. The normalized spacial score (nSPS) is 10.8. The van der Waals surface area contributed by atoms with E-state index in [9.17, 15) is 10.1 Å². The van der Waals surface area contributed by atoms with Gasteiger partial charge in [0, 0.05) is 41.3 Å². The van der Waals surface area contributed by atoms with Crippen LogP contribution in [-0.2, 0) is 0 Å². The van der Waals surface area contributed by atoms with Crippen molar-refractivity contribution in [3.8, 4) is 22.5 Å². The van der Waals surface area contributed by atoms with Gasteiger partial charge in [0.2, 0.25) is 11.9 Å². The summed E-state index contributed by atoms with van der Waals surface area (Å²) in [5.41, 5.74) is 20.8. The molecular formula is C22H18N12O2. The number of non-ortho nitro benzene ring substituents is 1. The number of rotatable bonds is 3. The van der Waals surface area contributed by atoms with Crippen molar-refractivity contribution in [2.24, 2.45) is 0 Å². The molecule has 0 aliphatic heterocycles. The Balaban J connectivity index is 0.000000149. The van der Waals surface area contributed by atoms with Crippen molar-refractivity contribution < 1.29 is 4.92 Å². The third kappa shape index (κ3) is 4.28. The molecule has 0 aliphatic carbocycles. The molecule has 0 fully saturated rings. The molecule has 0 spiro atoms. The van der Waals surface area contributed by atoms with E-state index in [0.29, 0.717) is 17.2 Å². The lowest BCUT2D eigenvalue weighted by Crippen LogP contribution is -1.96. The number of fused-ring (bicyclic) bond motifs is 2. The predicted octanol–water partition coefficient (Wildman–Crippen LogP) is 2.24. The van der Waals surface area contributed by atoms with Crippen LogP contribution < -0.4 is 17.2 Å². The van der Waals surface area contributed by atoms with E-state index in [-0.39, 0.29) is 17.6 Å². The number of nitrogen functional groups attached to an aromatic ring is 3. The van der Waals surface area contributed by atoms with Crippen molar-refractivity contribution in [1.29, 1.82) is 0 Å². The third-order valence-corrected chi connectivity index (χ3v) is 5.09. The van der Waals surface area contributed by atoms with Gasteiger partial charge >= 0.3 is 0 Å². The summed E-state index contributed by atoms with van der Waals surface area (Å²) < 4.78 is 3.11. The van der Waals surface area contributed by atoms with Gasteiger partial charge in [0.15, 0.2) is 0 Å². The van der Waals surface area contributed by atoms with Gasteiger partial charge in [-0.25, -0.2) is 9.97 Å². The van der Waals surface area contributed by atoms with E-state index in [1.54, 1.807) is 35.1 Å². The first-order chi connectivity index (χ1) is 17.4. The number of benzene rings is 2. The Hall–Kier alpha value is -5.66. The van der Waals surface area contributed by atoms with Gasteiger partial charge < -0.3 is 17.2 Å². The zero-order valence-corrected chi connectivity index (χ0v) is 18.5. The molecule has 6 aromatic rings. The van der Waals surface area contributed by atoms with Crippen LogP contribution in [0.3, 0.4) is 0 Å². The number of aromatic nitrogens is 8. The highest BCUT2D eigenvalue weighted by molar-refractivity contribution is 5.64. The molecule has 6 rings (SSSR count). The van der Waals surface area contributed by atoms with E-state index in [0.717, 1.165) is 22.5 Å². The molecule has 178 valence electrons. The summed E-state index contributed by atoms with van der Waals surface area (Å²) in [4.78, 5) is 26.3. The number of hydrogen-bond acceptors (Lipinski definition) is 11. The summed E-state index contributed by atoms with van der Waals surface area (Å²) in [6.07, 6.45) is 3.26. The van der Waals surface area contributed by atoms with E-state index < -0.39 is 4.92 Å². The van der Waals surface area contributed by atoms with Crippen molar-refractivity contribution in [2.45, 2.75) is 0 Å². The van der Waals surface area contributed by atoms with Gasteiger partial charge in [-0.05, 0) is 36.4 Å². The van der Waals surface area contributed by atoms with Gasteiger partial charge in [0.1, 0.15) is 0 Å². The average Bonchev–Trinajstić information content (AvgIpc) is 3.45. The Morgan fingerprint density at radius 1 is 0.667 bits per heavy atom. The number of hydrogen-bond donors (Lipinski definition) is 3. The average molecular weight is 482 g/mol. The Morgan fingerprint density at radius 3 is 1.56 bits per heavy atom. The van der Waals surface area contributed by atoms with Gasteiger partial charge in [0.05, 0.1) is 16.3 Å². The largest absolute Gasteiger partial charge is 0.399 e. The minimum Gasteiger partial charge on any atom is -0.399 e. The fraction of sp³-hybridized carbons (Fsp3) is 0. The van der Waals surface area contributed by atoms with Gasteiger partial charge in [-0.1, -0.05) is 12.1 Å². The Kier molecular flexibility index (Phi) is 5.50. The molecule has 0 bridgehead atoms. The molecule has 0 radical (unpaired) electrons. The smallest absolute Gasteiger partial charge is 0.269 e. The summed E-state index contributed by atoms with van der Waals surface area (Å²) in [7, 11) is 0. The molecule has 0 atom stereocenters. The maximum Gasteiger partial charge on any atom is 0.269 e. The van der Waals surface area contributed by atoms with Crippen LogP contribution in [0.25, 0.3) is 34.1 Å². The quantitative estimate of drug-likeness (QED) is 0.189. The summed E-state index contributed by atoms with van der Waals surface area (Å²) in [5, 5.41) is 18.8. The first-order valence-electron chi connectivity index (χ1n) is 10.4. The Morgan fingerprint density at radius 2 is 1.11 bits per heavy atom. The lowest BCUT2D eigenvalue weighted by Gasteiger charge is -2.03. The number of nitrogens with two attached hydrogens (primary N) is 3. The van der Waals surface area contributed by atoms with E-state index in [4.69, 9.17) is 17.2 Å². The summed E-state index contributed by atoms with van der Waals surface area (Å²) >= 11 is 0. The molecule has 14 nitrogen and oxygen atoms in total. The van der Waals surface area contributed by atoms with Crippen LogP contribution in [0.5, 0.6) is 0 Å². The molecule has 4 aromatic heterocycles. The van der Waals surface area contributed by atoms with Crippen LogP contribution >= 0.6 is 0 Å². The maximum atomic E-state index is 10.6. The number of nitro benzene ring substituents is 1. The molecule has 0 saturated heterocycles. The molecule has 0 saturated carbocycles. The number of anilines is 3. The molecule has 0 amide bonds. The van der Waals surface area contributed by atoms with Crippen molar-refractivity contribution in [3.05, 3.63) is 83.2 Å². The Labute approximate surface area is 202 Å². The van der Waals surface area contributed by atoms with Gasteiger partial charge in [-0.2, -0.15) is 19.0 Å². The highest BCUT2D eigenvalue weighted by Gasteiger charge is 2.10. The van der Waals surface area contributed by atoms with E-state index in [1.807, 2.05) is 30.3 Å². The first kappa shape index (κ1) is 22.1. The van der Waals surface area contributed by atoms with Crippen LogP contribution in [-0.4, -0.2) is 44.1 Å². The molecule has 4 heterocycles. The second kappa shape index (κ2) is 8.94. The molecule has 36 heavy (non-hydrogen) atoms. The number of nitrogens with zero attached hydrogens (tertiary/aromatic N) is 9. The van der Waals surface area contributed by atoms with Crippen molar-refractivity contribution >= 4 is 34.8 Å². The monoisotopic (exact) mass is 482 g/mol. The van der Waals surface area contributed by atoms with Crippen LogP contribution in [0, 0.1) is 10.1 Å². The summed E-state index contributed by atoms with van der Waals surface area (Å²) in [6.45, 7) is 0. The predicted molar refractivity (Wildman–Crippen MR) is 132 cm³/mol.